The van der Waals surface area contributed by atoms with Gasteiger partial charge in [0.1, 0.15) is 0 Å². The van der Waals surface area contributed by atoms with E-state index in [0.717, 1.165) is 13.1 Å². The Bertz CT molecular complexity index is 252. The van der Waals surface area contributed by atoms with E-state index >= 15 is 0 Å². The van der Waals surface area contributed by atoms with Gasteiger partial charge in [-0.3, -0.25) is 4.98 Å². The number of hydrogen-bond acceptors (Lipinski definition) is 2. The van der Waals surface area contributed by atoms with E-state index < -0.39 is 0 Å². The summed E-state index contributed by atoms with van der Waals surface area (Å²) in [5.74, 6) is 0. The molecule has 0 fully saturated rings. The van der Waals surface area contributed by atoms with Crippen LogP contribution in [0.25, 0.3) is 0 Å². The monoisotopic (exact) mass is 256 g/mol. The zero-order valence-corrected chi connectivity index (χ0v) is 11.6. The predicted octanol–water partition coefficient (Wildman–Crippen LogP) is 3.95. The fourth-order valence-electron chi connectivity index (χ4n) is 1.76. The van der Waals surface area contributed by atoms with Crippen molar-refractivity contribution >= 4 is 12.4 Å². The molecule has 0 aromatic carbocycles. The minimum Gasteiger partial charge on any atom is -0.313 e. The third-order valence-corrected chi connectivity index (χ3v) is 2.79. The lowest BCUT2D eigenvalue weighted by Crippen LogP contribution is -2.14. The van der Waals surface area contributed by atoms with Gasteiger partial charge in [0.05, 0.1) is 0 Å². The first kappa shape index (κ1) is 16.4. The summed E-state index contributed by atoms with van der Waals surface area (Å²) < 4.78 is 0. The summed E-state index contributed by atoms with van der Waals surface area (Å²) in [6.07, 6.45) is 11.9. The molecule has 0 aliphatic rings. The van der Waals surface area contributed by atoms with Crippen LogP contribution >= 0.6 is 12.4 Å². The van der Waals surface area contributed by atoms with E-state index in [2.05, 4.69) is 29.4 Å². The van der Waals surface area contributed by atoms with Gasteiger partial charge in [-0.1, -0.05) is 39.0 Å². The minimum absolute atomic E-state index is 0. The fourth-order valence-corrected chi connectivity index (χ4v) is 1.76. The number of halogens is 1. The Balaban J connectivity index is 0.00000256. The number of aromatic nitrogens is 1. The summed E-state index contributed by atoms with van der Waals surface area (Å²) in [6, 6.07) is 4.13. The molecule has 98 valence electrons. The molecule has 1 aromatic rings. The summed E-state index contributed by atoms with van der Waals surface area (Å²) in [4.78, 5) is 4.00. The number of pyridine rings is 1. The smallest absolute Gasteiger partial charge is 0.0271 e. The van der Waals surface area contributed by atoms with Crippen molar-refractivity contribution in [1.82, 2.24) is 10.3 Å². The number of hydrogen-bond donors (Lipinski definition) is 1. The van der Waals surface area contributed by atoms with Crippen molar-refractivity contribution in [1.29, 1.82) is 0 Å². The SMILES string of the molecule is CCCCCCCCNCc1ccncc1.Cl. The molecule has 0 aliphatic carbocycles. The molecule has 3 heteroatoms. The highest BCUT2D eigenvalue weighted by molar-refractivity contribution is 5.85. The highest BCUT2D eigenvalue weighted by Gasteiger charge is 1.92. The summed E-state index contributed by atoms with van der Waals surface area (Å²) in [6.45, 7) is 4.36. The van der Waals surface area contributed by atoms with Crippen molar-refractivity contribution in [2.24, 2.45) is 0 Å². The summed E-state index contributed by atoms with van der Waals surface area (Å²) in [7, 11) is 0. The van der Waals surface area contributed by atoms with Crippen LogP contribution < -0.4 is 5.32 Å². The Morgan fingerprint density at radius 1 is 1.00 bits per heavy atom. The molecule has 0 bridgehead atoms. The quantitative estimate of drug-likeness (QED) is 0.677. The van der Waals surface area contributed by atoms with Crippen molar-refractivity contribution in [2.45, 2.75) is 52.0 Å². The molecular weight excluding hydrogens is 232 g/mol. The standard InChI is InChI=1S/C14H24N2.ClH/c1-2-3-4-5-6-7-10-16-13-14-8-11-15-12-9-14;/h8-9,11-12,16H,2-7,10,13H2,1H3;1H. The lowest BCUT2D eigenvalue weighted by Gasteiger charge is -2.04. The van der Waals surface area contributed by atoms with Crippen molar-refractivity contribution in [2.75, 3.05) is 6.54 Å². The lowest BCUT2D eigenvalue weighted by atomic mass is 10.1. The van der Waals surface area contributed by atoms with Gasteiger partial charge in [0.15, 0.2) is 0 Å². The number of unbranched alkanes of at least 4 members (excludes halogenated alkanes) is 5. The van der Waals surface area contributed by atoms with E-state index in [1.54, 1.807) is 0 Å². The topological polar surface area (TPSA) is 24.9 Å². The van der Waals surface area contributed by atoms with Gasteiger partial charge in [0.2, 0.25) is 0 Å². The van der Waals surface area contributed by atoms with Gasteiger partial charge in [-0.05, 0) is 30.7 Å². The molecule has 0 saturated heterocycles. The first-order valence-corrected chi connectivity index (χ1v) is 6.53. The maximum atomic E-state index is 4.00. The van der Waals surface area contributed by atoms with Crippen LogP contribution in [0, 0.1) is 0 Å². The van der Waals surface area contributed by atoms with Crippen LogP contribution in [0.15, 0.2) is 24.5 Å². The molecule has 0 spiro atoms. The zero-order valence-electron chi connectivity index (χ0n) is 10.8. The first-order chi connectivity index (χ1) is 7.93. The zero-order chi connectivity index (χ0) is 11.5. The van der Waals surface area contributed by atoms with Crippen molar-refractivity contribution in [3.8, 4) is 0 Å². The van der Waals surface area contributed by atoms with Gasteiger partial charge < -0.3 is 5.32 Å². The van der Waals surface area contributed by atoms with Gasteiger partial charge in [0, 0.05) is 18.9 Å². The Hall–Kier alpha value is -0.600. The summed E-state index contributed by atoms with van der Waals surface area (Å²) in [5, 5.41) is 3.46. The summed E-state index contributed by atoms with van der Waals surface area (Å²) in [5.41, 5.74) is 1.32. The highest BCUT2D eigenvalue weighted by Crippen LogP contribution is 2.04. The van der Waals surface area contributed by atoms with Gasteiger partial charge >= 0.3 is 0 Å². The molecule has 17 heavy (non-hydrogen) atoms. The van der Waals surface area contributed by atoms with E-state index in [1.165, 1.54) is 44.1 Å². The van der Waals surface area contributed by atoms with Crippen LogP contribution in [0.4, 0.5) is 0 Å². The Morgan fingerprint density at radius 3 is 2.35 bits per heavy atom. The Labute approximate surface area is 112 Å². The molecule has 1 rings (SSSR count). The van der Waals surface area contributed by atoms with E-state index in [0.29, 0.717) is 0 Å². The molecule has 1 N–H and O–H groups in total. The summed E-state index contributed by atoms with van der Waals surface area (Å²) >= 11 is 0. The van der Waals surface area contributed by atoms with Crippen molar-refractivity contribution < 1.29 is 0 Å². The average Bonchev–Trinajstić information content (AvgIpc) is 2.34. The van der Waals surface area contributed by atoms with Crippen molar-refractivity contribution in [3.63, 3.8) is 0 Å². The van der Waals surface area contributed by atoms with Crippen LogP contribution in [0.3, 0.4) is 0 Å². The second-order valence-corrected chi connectivity index (χ2v) is 4.30. The van der Waals surface area contributed by atoms with Crippen LogP contribution in [0.5, 0.6) is 0 Å². The van der Waals surface area contributed by atoms with Gasteiger partial charge in [-0.15, -0.1) is 12.4 Å². The number of rotatable bonds is 9. The number of nitrogens with one attached hydrogen (secondary N) is 1. The molecule has 1 aromatic heterocycles. The Morgan fingerprint density at radius 2 is 1.65 bits per heavy atom. The third kappa shape index (κ3) is 9.13. The second-order valence-electron chi connectivity index (χ2n) is 4.30. The van der Waals surface area contributed by atoms with Crippen LogP contribution in [-0.2, 0) is 6.54 Å². The van der Waals surface area contributed by atoms with Crippen LogP contribution in [0.1, 0.15) is 51.0 Å². The molecule has 0 amide bonds. The largest absolute Gasteiger partial charge is 0.313 e. The molecule has 0 saturated carbocycles. The molecular formula is C14H25ClN2. The molecule has 0 atom stereocenters. The predicted molar refractivity (Wildman–Crippen MR) is 76.6 cm³/mol. The fraction of sp³-hybridized carbons (Fsp3) is 0.643. The average molecular weight is 257 g/mol. The van der Waals surface area contributed by atoms with Gasteiger partial charge in [-0.2, -0.15) is 0 Å². The first-order valence-electron chi connectivity index (χ1n) is 6.53. The number of nitrogens with zero attached hydrogens (tertiary/aromatic N) is 1. The minimum atomic E-state index is 0. The van der Waals surface area contributed by atoms with E-state index in [-0.39, 0.29) is 12.4 Å². The highest BCUT2D eigenvalue weighted by atomic mass is 35.5. The van der Waals surface area contributed by atoms with Crippen molar-refractivity contribution in [3.05, 3.63) is 30.1 Å². The molecule has 2 nitrogen and oxygen atoms in total. The Kier molecular flexibility index (Phi) is 11.5. The maximum absolute atomic E-state index is 4.00. The molecule has 1 heterocycles. The van der Waals surface area contributed by atoms with Gasteiger partial charge in [-0.25, -0.2) is 0 Å². The maximum Gasteiger partial charge on any atom is 0.0271 e. The van der Waals surface area contributed by atoms with Gasteiger partial charge in [0.25, 0.3) is 0 Å². The second kappa shape index (κ2) is 11.9. The van der Waals surface area contributed by atoms with Crippen LogP contribution in [-0.4, -0.2) is 11.5 Å². The van der Waals surface area contributed by atoms with E-state index in [4.69, 9.17) is 0 Å². The molecule has 0 unspecified atom stereocenters. The van der Waals surface area contributed by atoms with E-state index in [1.807, 2.05) is 12.4 Å². The normalized spacial score (nSPS) is 9.94. The molecule has 0 radical (unpaired) electrons. The lowest BCUT2D eigenvalue weighted by molar-refractivity contribution is 0.572. The molecule has 0 aliphatic heterocycles. The van der Waals surface area contributed by atoms with E-state index in [9.17, 15) is 0 Å². The third-order valence-electron chi connectivity index (χ3n) is 2.79. The van der Waals surface area contributed by atoms with Crippen LogP contribution in [0.2, 0.25) is 0 Å².